The van der Waals surface area contributed by atoms with Crippen LogP contribution in [0.2, 0.25) is 0 Å². The van der Waals surface area contributed by atoms with E-state index in [1.165, 1.54) is 0 Å². The minimum Gasteiger partial charge on any atom is -0.355 e. The average Bonchev–Trinajstić information content (AvgIpc) is 2.24. The van der Waals surface area contributed by atoms with Crippen LogP contribution >= 0.6 is 15.9 Å². The number of rotatable bonds is 6. The van der Waals surface area contributed by atoms with Gasteiger partial charge in [0, 0.05) is 13.1 Å². The highest BCUT2D eigenvalue weighted by molar-refractivity contribution is 9.10. The number of hydrogen-bond acceptors (Lipinski definition) is 2. The smallest absolute Gasteiger partial charge is 0.239 e. The van der Waals surface area contributed by atoms with Crippen LogP contribution in [-0.4, -0.2) is 41.2 Å². The Morgan fingerprint density at radius 3 is 2.25 bits per heavy atom. The Labute approximate surface area is 106 Å². The van der Waals surface area contributed by atoms with Crippen molar-refractivity contribution >= 4 is 27.7 Å². The molecule has 1 unspecified atom stereocenters. The van der Waals surface area contributed by atoms with Crippen LogP contribution in [0.4, 0.5) is 0 Å². The van der Waals surface area contributed by atoms with E-state index >= 15 is 0 Å². The molecule has 0 radical (unpaired) electrons. The van der Waals surface area contributed by atoms with Gasteiger partial charge in [-0.1, -0.05) is 29.8 Å². The van der Waals surface area contributed by atoms with E-state index in [2.05, 4.69) is 21.2 Å². The molecule has 5 heteroatoms. The summed E-state index contributed by atoms with van der Waals surface area (Å²) in [5.74, 6) is 0.0840. The highest BCUT2D eigenvalue weighted by Crippen LogP contribution is 2.14. The van der Waals surface area contributed by atoms with Gasteiger partial charge in [-0.15, -0.1) is 0 Å². The van der Waals surface area contributed by atoms with Crippen molar-refractivity contribution in [3.05, 3.63) is 0 Å². The number of amides is 2. The van der Waals surface area contributed by atoms with Gasteiger partial charge in [-0.05, 0) is 19.8 Å². The lowest BCUT2D eigenvalue weighted by molar-refractivity contribution is -0.135. The Morgan fingerprint density at radius 1 is 1.31 bits per heavy atom. The van der Waals surface area contributed by atoms with Gasteiger partial charge in [0.2, 0.25) is 11.8 Å². The van der Waals surface area contributed by atoms with E-state index < -0.39 is 0 Å². The van der Waals surface area contributed by atoms with Crippen LogP contribution in [-0.2, 0) is 9.59 Å². The number of hydrogen-bond donors (Lipinski definition) is 1. The fourth-order valence-electron chi connectivity index (χ4n) is 1.23. The molecule has 0 aliphatic heterocycles. The maximum atomic E-state index is 12.0. The zero-order valence-electron chi connectivity index (χ0n) is 10.4. The summed E-state index contributed by atoms with van der Waals surface area (Å²) in [6, 6.07) is 0. The number of halogens is 1. The Bertz CT molecular complexity index is 244. The van der Waals surface area contributed by atoms with Crippen molar-refractivity contribution in [3.63, 3.8) is 0 Å². The number of nitrogens with zero attached hydrogens (tertiary/aromatic N) is 1. The summed E-state index contributed by atoms with van der Waals surface area (Å²) in [6.07, 6.45) is 0. The molecule has 0 bridgehead atoms. The fourth-order valence-corrected chi connectivity index (χ4v) is 1.52. The van der Waals surface area contributed by atoms with Crippen LogP contribution in [0.3, 0.4) is 0 Å². The Hall–Kier alpha value is -0.580. The second-order valence-corrected chi connectivity index (χ2v) is 4.94. The highest BCUT2D eigenvalue weighted by atomic mass is 79.9. The molecule has 0 aliphatic rings. The third-order valence-corrected chi connectivity index (χ3v) is 3.67. The number of likely N-dealkylation sites (N-methyl/N-ethyl adjacent to an activating group) is 2. The molecule has 0 aliphatic carbocycles. The van der Waals surface area contributed by atoms with Crippen LogP contribution in [0.15, 0.2) is 0 Å². The molecule has 0 aromatic heterocycles. The van der Waals surface area contributed by atoms with E-state index in [0.717, 1.165) is 0 Å². The van der Waals surface area contributed by atoms with Gasteiger partial charge in [-0.25, -0.2) is 0 Å². The van der Waals surface area contributed by atoms with Gasteiger partial charge in [0.1, 0.15) is 0 Å². The lowest BCUT2D eigenvalue weighted by Crippen LogP contribution is -2.44. The zero-order chi connectivity index (χ0) is 12.7. The second kappa shape index (κ2) is 7.65. The predicted molar refractivity (Wildman–Crippen MR) is 68.5 cm³/mol. The molecule has 0 saturated carbocycles. The van der Waals surface area contributed by atoms with Gasteiger partial charge in [0.15, 0.2) is 0 Å². The molecule has 0 heterocycles. The lowest BCUT2D eigenvalue weighted by Gasteiger charge is -2.24. The van der Waals surface area contributed by atoms with E-state index in [4.69, 9.17) is 0 Å². The molecular formula is C11H21BrN2O2. The monoisotopic (exact) mass is 292 g/mol. The number of nitrogens with one attached hydrogen (secondary N) is 1. The van der Waals surface area contributed by atoms with Gasteiger partial charge < -0.3 is 10.2 Å². The van der Waals surface area contributed by atoms with Gasteiger partial charge in [-0.2, -0.15) is 0 Å². The molecule has 1 N–H and O–H groups in total. The summed E-state index contributed by atoms with van der Waals surface area (Å²) >= 11 is 3.36. The maximum Gasteiger partial charge on any atom is 0.239 e. The van der Waals surface area contributed by atoms with Crippen LogP contribution < -0.4 is 5.32 Å². The molecule has 0 saturated heterocycles. The second-order valence-electron chi connectivity index (χ2n) is 3.95. The minimum atomic E-state index is -0.220. The molecule has 94 valence electrons. The summed E-state index contributed by atoms with van der Waals surface area (Å²) in [4.78, 5) is 24.7. The largest absolute Gasteiger partial charge is 0.355 e. The van der Waals surface area contributed by atoms with Crippen molar-refractivity contribution in [2.24, 2.45) is 5.92 Å². The molecule has 1 atom stereocenters. The molecule has 2 amide bonds. The van der Waals surface area contributed by atoms with Crippen molar-refractivity contribution < 1.29 is 9.59 Å². The molecule has 0 rings (SSSR count). The van der Waals surface area contributed by atoms with Gasteiger partial charge >= 0.3 is 0 Å². The molecule has 0 fully saturated rings. The summed E-state index contributed by atoms with van der Waals surface area (Å²) in [7, 11) is 0. The number of carbonyl (C=O) groups is 2. The summed E-state index contributed by atoms with van der Waals surface area (Å²) in [5.41, 5.74) is 0. The predicted octanol–water partition coefficient (Wildman–Crippen LogP) is 1.39. The molecular weight excluding hydrogens is 272 g/mol. The van der Waals surface area contributed by atoms with Gasteiger partial charge in [0.25, 0.3) is 0 Å². The standard InChI is InChI=1S/C11H21BrN2O2/c1-5-13-9(15)7-14(6-2)11(16)10(12)8(3)4/h8,10H,5-7H2,1-4H3,(H,13,15). The van der Waals surface area contributed by atoms with Crippen LogP contribution in [0.1, 0.15) is 27.7 Å². The quantitative estimate of drug-likeness (QED) is 0.752. The van der Waals surface area contributed by atoms with Crippen LogP contribution in [0, 0.1) is 5.92 Å². The fraction of sp³-hybridized carbons (Fsp3) is 0.818. The van der Waals surface area contributed by atoms with E-state index in [1.807, 2.05) is 27.7 Å². The minimum absolute atomic E-state index is 0.0243. The Balaban J connectivity index is 4.38. The zero-order valence-corrected chi connectivity index (χ0v) is 12.0. The third kappa shape index (κ3) is 4.96. The maximum absolute atomic E-state index is 12.0. The molecule has 16 heavy (non-hydrogen) atoms. The molecule has 0 aromatic rings. The first-order valence-corrected chi connectivity index (χ1v) is 6.55. The molecule has 0 spiro atoms. The Kier molecular flexibility index (Phi) is 7.38. The van der Waals surface area contributed by atoms with E-state index in [0.29, 0.717) is 13.1 Å². The van der Waals surface area contributed by atoms with Gasteiger partial charge in [-0.3, -0.25) is 9.59 Å². The first-order chi connectivity index (χ1) is 7.43. The summed E-state index contributed by atoms with van der Waals surface area (Å²) in [5, 5.41) is 2.69. The van der Waals surface area contributed by atoms with Crippen LogP contribution in [0.5, 0.6) is 0 Å². The van der Waals surface area contributed by atoms with Crippen molar-refractivity contribution in [3.8, 4) is 0 Å². The van der Waals surface area contributed by atoms with Crippen molar-refractivity contribution in [2.45, 2.75) is 32.5 Å². The van der Waals surface area contributed by atoms with E-state index in [9.17, 15) is 9.59 Å². The van der Waals surface area contributed by atoms with Gasteiger partial charge in [0.05, 0.1) is 11.4 Å². The highest BCUT2D eigenvalue weighted by Gasteiger charge is 2.24. The Morgan fingerprint density at radius 2 is 1.88 bits per heavy atom. The van der Waals surface area contributed by atoms with Crippen molar-refractivity contribution in [1.82, 2.24) is 10.2 Å². The van der Waals surface area contributed by atoms with Crippen molar-refractivity contribution in [2.75, 3.05) is 19.6 Å². The normalized spacial score (nSPS) is 12.4. The van der Waals surface area contributed by atoms with Crippen LogP contribution in [0.25, 0.3) is 0 Å². The lowest BCUT2D eigenvalue weighted by atomic mass is 10.1. The average molecular weight is 293 g/mol. The summed E-state index contributed by atoms with van der Waals surface area (Å²) < 4.78 is 0. The topological polar surface area (TPSA) is 49.4 Å². The molecule has 4 nitrogen and oxygen atoms in total. The first kappa shape index (κ1) is 15.4. The van der Waals surface area contributed by atoms with E-state index in [-0.39, 0.29) is 29.1 Å². The SMILES string of the molecule is CCNC(=O)CN(CC)C(=O)C(Br)C(C)C. The number of alkyl halides is 1. The van der Waals surface area contributed by atoms with Crippen molar-refractivity contribution in [1.29, 1.82) is 0 Å². The third-order valence-electron chi connectivity index (χ3n) is 2.22. The summed E-state index contributed by atoms with van der Waals surface area (Å²) in [6.45, 7) is 8.94. The number of carbonyl (C=O) groups excluding carboxylic acids is 2. The first-order valence-electron chi connectivity index (χ1n) is 5.63. The van der Waals surface area contributed by atoms with E-state index in [1.54, 1.807) is 4.90 Å². The molecule has 0 aromatic carbocycles.